The molecule has 0 N–H and O–H groups in total. The fraction of sp³-hybridized carbons (Fsp3) is 0.182. The van der Waals surface area contributed by atoms with E-state index in [1.165, 1.54) is 19.2 Å². The third kappa shape index (κ3) is 3.07. The summed E-state index contributed by atoms with van der Waals surface area (Å²) < 4.78 is 43.9. The van der Waals surface area contributed by atoms with Gasteiger partial charge in [0, 0.05) is 19.2 Å². The van der Waals surface area contributed by atoms with Crippen LogP contribution in [0, 0.1) is 10.1 Å². The quantitative estimate of drug-likeness (QED) is 0.637. The van der Waals surface area contributed by atoms with Gasteiger partial charge in [-0.3, -0.25) is 10.1 Å². The van der Waals surface area contributed by atoms with E-state index in [2.05, 4.69) is 5.10 Å². The van der Waals surface area contributed by atoms with Crippen molar-refractivity contribution in [1.29, 1.82) is 0 Å². The minimum absolute atomic E-state index is 0.0965. The lowest BCUT2D eigenvalue weighted by molar-refractivity contribution is -0.384. The Balaban J connectivity index is 2.32. The molecule has 0 aliphatic heterocycles. The smallest absolute Gasteiger partial charge is 0.436 e. The van der Waals surface area contributed by atoms with E-state index in [4.69, 9.17) is 16.3 Å². The Hall–Kier alpha value is -2.29. The van der Waals surface area contributed by atoms with Gasteiger partial charge in [-0.15, -0.1) is 0 Å². The molecule has 0 aliphatic rings. The van der Waals surface area contributed by atoms with E-state index in [1.54, 1.807) is 0 Å². The van der Waals surface area contributed by atoms with Crippen molar-refractivity contribution in [2.75, 3.05) is 0 Å². The molecule has 1 aromatic heterocycles. The topological polar surface area (TPSA) is 70.2 Å². The number of aromatic nitrogens is 2. The maximum atomic E-state index is 12.6. The summed E-state index contributed by atoms with van der Waals surface area (Å²) in [7, 11) is 1.24. The van der Waals surface area contributed by atoms with Gasteiger partial charge in [0.25, 0.3) is 5.69 Å². The summed E-state index contributed by atoms with van der Waals surface area (Å²) >= 11 is 5.61. The number of non-ortho nitro benzene ring substituents is 1. The molecule has 10 heteroatoms. The number of ether oxygens (including phenoxy) is 1. The molecule has 1 aromatic carbocycles. The van der Waals surface area contributed by atoms with Crippen LogP contribution < -0.4 is 4.74 Å². The Morgan fingerprint density at radius 3 is 2.33 bits per heavy atom. The van der Waals surface area contributed by atoms with Gasteiger partial charge in [0.2, 0.25) is 5.88 Å². The van der Waals surface area contributed by atoms with Crippen LogP contribution in [0.1, 0.15) is 5.69 Å². The highest BCUT2D eigenvalue weighted by molar-refractivity contribution is 6.32. The van der Waals surface area contributed by atoms with E-state index in [9.17, 15) is 23.3 Å². The summed E-state index contributed by atoms with van der Waals surface area (Å²) in [5.41, 5.74) is -1.43. The number of nitro groups is 1. The lowest BCUT2D eigenvalue weighted by Crippen LogP contribution is -2.07. The van der Waals surface area contributed by atoms with Crippen LogP contribution in [-0.2, 0) is 13.2 Å². The molecule has 0 amide bonds. The van der Waals surface area contributed by atoms with Gasteiger partial charge in [0.15, 0.2) is 5.69 Å². The van der Waals surface area contributed by atoms with Crippen molar-refractivity contribution < 1.29 is 22.8 Å². The van der Waals surface area contributed by atoms with Crippen molar-refractivity contribution in [1.82, 2.24) is 9.78 Å². The summed E-state index contributed by atoms with van der Waals surface area (Å²) in [6.07, 6.45) is -4.70. The monoisotopic (exact) mass is 321 g/mol. The fourth-order valence-electron chi connectivity index (χ4n) is 1.52. The maximum Gasteiger partial charge on any atom is 0.436 e. The molecule has 0 aliphatic carbocycles. The van der Waals surface area contributed by atoms with Crippen LogP contribution in [-0.4, -0.2) is 14.7 Å². The first-order valence-electron chi connectivity index (χ1n) is 5.42. The number of halogens is 4. The number of alkyl halides is 3. The molecule has 0 radical (unpaired) electrons. The van der Waals surface area contributed by atoms with E-state index in [0.717, 1.165) is 16.8 Å². The zero-order valence-electron chi connectivity index (χ0n) is 10.4. The molecule has 21 heavy (non-hydrogen) atoms. The van der Waals surface area contributed by atoms with Gasteiger partial charge in [0.1, 0.15) is 10.8 Å². The Labute approximate surface area is 120 Å². The Bertz CT molecular complexity index is 683. The molecule has 0 spiro atoms. The summed E-state index contributed by atoms with van der Waals surface area (Å²) in [6.45, 7) is 0. The van der Waals surface area contributed by atoms with Crippen LogP contribution in [0.3, 0.4) is 0 Å². The van der Waals surface area contributed by atoms with E-state index in [-0.39, 0.29) is 17.3 Å². The van der Waals surface area contributed by atoms with E-state index in [1.807, 2.05) is 0 Å². The van der Waals surface area contributed by atoms with Crippen molar-refractivity contribution in [3.63, 3.8) is 0 Å². The van der Waals surface area contributed by atoms with Gasteiger partial charge in [-0.05, 0) is 12.1 Å². The predicted molar refractivity (Wildman–Crippen MR) is 66.4 cm³/mol. The van der Waals surface area contributed by atoms with Crippen molar-refractivity contribution in [2.45, 2.75) is 6.18 Å². The molecule has 0 saturated heterocycles. The van der Waals surface area contributed by atoms with Gasteiger partial charge in [-0.25, -0.2) is 4.68 Å². The standard InChI is InChI=1S/C11H7ClF3N3O3/c1-17-10(8(12)9(16-17)11(13,14)15)21-7-4-2-6(3-5-7)18(19)20/h2-5H,1H3. The second-order valence-corrected chi connectivity index (χ2v) is 4.32. The number of hydrogen-bond donors (Lipinski definition) is 0. The first kappa shape index (κ1) is 15.1. The van der Waals surface area contributed by atoms with Gasteiger partial charge in [-0.2, -0.15) is 18.3 Å². The molecule has 6 nitrogen and oxygen atoms in total. The summed E-state index contributed by atoms with van der Waals surface area (Å²) in [4.78, 5) is 9.89. The normalized spacial score (nSPS) is 11.5. The first-order valence-corrected chi connectivity index (χ1v) is 5.80. The van der Waals surface area contributed by atoms with Gasteiger partial charge < -0.3 is 4.74 Å². The van der Waals surface area contributed by atoms with Crippen molar-refractivity contribution in [3.8, 4) is 11.6 Å². The third-order valence-electron chi connectivity index (χ3n) is 2.47. The van der Waals surface area contributed by atoms with Crippen LogP contribution >= 0.6 is 11.6 Å². The molecule has 2 rings (SSSR count). The minimum atomic E-state index is -4.70. The van der Waals surface area contributed by atoms with Crippen LogP contribution in [0.15, 0.2) is 24.3 Å². The van der Waals surface area contributed by atoms with Gasteiger partial charge >= 0.3 is 6.18 Å². The van der Waals surface area contributed by atoms with Crippen molar-refractivity contribution >= 4 is 17.3 Å². The lowest BCUT2D eigenvalue weighted by atomic mass is 10.3. The van der Waals surface area contributed by atoms with Crippen LogP contribution in [0.2, 0.25) is 5.02 Å². The molecule has 0 bridgehead atoms. The molecule has 0 atom stereocenters. The van der Waals surface area contributed by atoms with Gasteiger partial charge in [-0.1, -0.05) is 11.6 Å². The fourth-order valence-corrected chi connectivity index (χ4v) is 1.83. The van der Waals surface area contributed by atoms with Crippen molar-refractivity contribution in [2.24, 2.45) is 7.05 Å². The summed E-state index contributed by atoms with van der Waals surface area (Å²) in [5, 5.41) is 13.1. The predicted octanol–water partition coefficient (Wildman–Crippen LogP) is 3.79. The Morgan fingerprint density at radius 1 is 1.33 bits per heavy atom. The average molecular weight is 322 g/mol. The number of rotatable bonds is 3. The van der Waals surface area contributed by atoms with Crippen molar-refractivity contribution in [3.05, 3.63) is 45.1 Å². The molecule has 1 heterocycles. The number of hydrogen-bond acceptors (Lipinski definition) is 4. The van der Waals surface area contributed by atoms with Crippen LogP contribution in [0.4, 0.5) is 18.9 Å². The summed E-state index contributed by atoms with van der Waals surface area (Å²) in [5.74, 6) is -0.211. The zero-order chi connectivity index (χ0) is 15.8. The molecule has 2 aromatic rings. The number of aryl methyl sites for hydroxylation is 1. The molecular formula is C11H7ClF3N3O3. The van der Waals surface area contributed by atoms with E-state index >= 15 is 0 Å². The third-order valence-corrected chi connectivity index (χ3v) is 2.81. The SMILES string of the molecule is Cn1nc(C(F)(F)F)c(Cl)c1Oc1ccc([N+](=O)[O-])cc1. The molecule has 0 fully saturated rings. The second kappa shape index (κ2) is 5.24. The van der Waals surface area contributed by atoms with Gasteiger partial charge in [0.05, 0.1) is 4.92 Å². The number of benzene rings is 1. The summed E-state index contributed by atoms with van der Waals surface area (Å²) in [6, 6.07) is 4.80. The number of nitrogens with zero attached hydrogens (tertiary/aromatic N) is 3. The highest BCUT2D eigenvalue weighted by atomic mass is 35.5. The lowest BCUT2D eigenvalue weighted by Gasteiger charge is -2.05. The molecule has 0 unspecified atom stereocenters. The largest absolute Gasteiger partial charge is 0.438 e. The molecular weight excluding hydrogens is 315 g/mol. The second-order valence-electron chi connectivity index (χ2n) is 3.94. The van der Waals surface area contributed by atoms with E-state index in [0.29, 0.717) is 0 Å². The van der Waals surface area contributed by atoms with Crippen LogP contribution in [0.5, 0.6) is 11.6 Å². The maximum absolute atomic E-state index is 12.6. The minimum Gasteiger partial charge on any atom is -0.438 e. The number of nitro benzene ring substituents is 1. The van der Waals surface area contributed by atoms with E-state index < -0.39 is 21.8 Å². The molecule has 112 valence electrons. The molecule has 0 saturated carbocycles. The zero-order valence-corrected chi connectivity index (χ0v) is 11.1. The highest BCUT2D eigenvalue weighted by Gasteiger charge is 2.39. The first-order chi connectivity index (χ1) is 9.70. The Morgan fingerprint density at radius 2 is 1.90 bits per heavy atom. The average Bonchev–Trinajstić information content (AvgIpc) is 2.67. The highest BCUT2D eigenvalue weighted by Crippen LogP contribution is 2.40. The van der Waals surface area contributed by atoms with Crippen LogP contribution in [0.25, 0.3) is 0 Å². The Kier molecular flexibility index (Phi) is 3.77.